The number of benzene rings is 3. The Balaban J connectivity index is 1.71. The van der Waals surface area contributed by atoms with Gasteiger partial charge in [-0.15, -0.1) is 0 Å². The smallest absolute Gasteiger partial charge is 0.180 e. The molecule has 3 aromatic carbocycles. The molecule has 0 fully saturated rings. The topological polar surface area (TPSA) is 30.5 Å². The molecule has 0 heterocycles. The molecule has 0 bridgehead atoms. The molecule has 3 nitrogen and oxygen atoms in total. The molecule has 140 valence electrons. The van der Waals surface area contributed by atoms with Gasteiger partial charge in [-0.3, -0.25) is 0 Å². The zero-order chi connectivity index (χ0) is 19.2. The second kappa shape index (κ2) is 9.03. The van der Waals surface area contributed by atoms with Crippen molar-refractivity contribution in [3.8, 4) is 11.5 Å². The first kappa shape index (κ1) is 19.4. The zero-order valence-electron chi connectivity index (χ0n) is 15.3. The molecule has 0 aliphatic heterocycles. The van der Waals surface area contributed by atoms with Crippen molar-refractivity contribution < 1.29 is 9.47 Å². The lowest BCUT2D eigenvalue weighted by molar-refractivity contribution is 0.284. The monoisotopic (exact) mass is 401 g/mol. The largest absolute Gasteiger partial charge is 0.493 e. The fourth-order valence-electron chi connectivity index (χ4n) is 2.66. The van der Waals surface area contributed by atoms with Gasteiger partial charge in [0.2, 0.25) is 0 Å². The molecule has 3 aromatic rings. The number of ether oxygens (including phenoxy) is 2. The third kappa shape index (κ3) is 5.31. The number of rotatable bonds is 7. The Morgan fingerprint density at radius 2 is 1.70 bits per heavy atom. The molecule has 1 N–H and O–H groups in total. The van der Waals surface area contributed by atoms with E-state index in [1.54, 1.807) is 7.11 Å². The van der Waals surface area contributed by atoms with Gasteiger partial charge in [0.1, 0.15) is 6.61 Å². The van der Waals surface area contributed by atoms with Crippen LogP contribution in [0.5, 0.6) is 11.5 Å². The minimum atomic E-state index is 0.427. The average molecular weight is 402 g/mol. The lowest BCUT2D eigenvalue weighted by Gasteiger charge is -2.15. The standard InChI is InChI=1S/C22H21Cl2NO2/c1-15-6-8-16(9-7-15)14-27-22-20(24)10-17(11-21(22)26-2)13-25-19-5-3-4-18(23)12-19/h3-12,25H,13-14H2,1-2H3. The van der Waals surface area contributed by atoms with Gasteiger partial charge in [-0.25, -0.2) is 0 Å². The van der Waals surface area contributed by atoms with Crippen LogP contribution in [0.3, 0.4) is 0 Å². The number of nitrogens with one attached hydrogen (secondary N) is 1. The minimum absolute atomic E-state index is 0.427. The van der Waals surface area contributed by atoms with Gasteiger partial charge in [0, 0.05) is 17.3 Å². The van der Waals surface area contributed by atoms with Crippen molar-refractivity contribution in [3.05, 3.63) is 87.4 Å². The van der Waals surface area contributed by atoms with Crippen LogP contribution in [-0.2, 0) is 13.2 Å². The number of hydrogen-bond donors (Lipinski definition) is 1. The number of halogens is 2. The van der Waals surface area contributed by atoms with Crippen LogP contribution < -0.4 is 14.8 Å². The molecule has 3 rings (SSSR count). The van der Waals surface area contributed by atoms with E-state index in [1.807, 2.05) is 48.5 Å². The zero-order valence-corrected chi connectivity index (χ0v) is 16.8. The third-order valence-corrected chi connectivity index (χ3v) is 4.63. The van der Waals surface area contributed by atoms with E-state index in [0.29, 0.717) is 34.7 Å². The van der Waals surface area contributed by atoms with Gasteiger partial charge in [0.15, 0.2) is 11.5 Å². The molecule has 0 saturated carbocycles. The summed E-state index contributed by atoms with van der Waals surface area (Å²) in [6.45, 7) is 3.08. The van der Waals surface area contributed by atoms with Crippen LogP contribution in [0.15, 0.2) is 60.7 Å². The van der Waals surface area contributed by atoms with Crippen molar-refractivity contribution in [2.24, 2.45) is 0 Å². The van der Waals surface area contributed by atoms with Crippen molar-refractivity contribution in [1.82, 2.24) is 0 Å². The van der Waals surface area contributed by atoms with E-state index >= 15 is 0 Å². The van der Waals surface area contributed by atoms with Gasteiger partial charge in [-0.1, -0.05) is 59.1 Å². The van der Waals surface area contributed by atoms with Gasteiger partial charge < -0.3 is 14.8 Å². The maximum Gasteiger partial charge on any atom is 0.180 e. The van der Waals surface area contributed by atoms with Crippen molar-refractivity contribution >= 4 is 28.9 Å². The summed E-state index contributed by atoms with van der Waals surface area (Å²) >= 11 is 12.5. The van der Waals surface area contributed by atoms with E-state index in [2.05, 4.69) is 24.4 Å². The highest BCUT2D eigenvalue weighted by Crippen LogP contribution is 2.37. The van der Waals surface area contributed by atoms with Crippen LogP contribution in [-0.4, -0.2) is 7.11 Å². The first-order valence-corrected chi connectivity index (χ1v) is 9.35. The molecule has 0 spiro atoms. The fourth-order valence-corrected chi connectivity index (χ4v) is 3.14. The Kier molecular flexibility index (Phi) is 6.49. The molecule has 0 aromatic heterocycles. The van der Waals surface area contributed by atoms with E-state index in [4.69, 9.17) is 32.7 Å². The van der Waals surface area contributed by atoms with Gasteiger partial charge >= 0.3 is 0 Å². The number of hydrogen-bond acceptors (Lipinski definition) is 3. The highest BCUT2D eigenvalue weighted by molar-refractivity contribution is 6.32. The Labute approximate surface area is 169 Å². The molecular weight excluding hydrogens is 381 g/mol. The summed E-state index contributed by atoms with van der Waals surface area (Å²) in [7, 11) is 1.61. The summed E-state index contributed by atoms with van der Waals surface area (Å²) in [4.78, 5) is 0. The van der Waals surface area contributed by atoms with Crippen LogP contribution >= 0.6 is 23.2 Å². The van der Waals surface area contributed by atoms with Crippen molar-refractivity contribution in [1.29, 1.82) is 0 Å². The predicted octanol–water partition coefficient (Wildman–Crippen LogP) is 6.50. The van der Waals surface area contributed by atoms with Crippen molar-refractivity contribution in [3.63, 3.8) is 0 Å². The van der Waals surface area contributed by atoms with Gasteiger partial charge in [-0.2, -0.15) is 0 Å². The number of aryl methyl sites for hydroxylation is 1. The molecule has 0 unspecified atom stereocenters. The molecule has 27 heavy (non-hydrogen) atoms. The first-order chi connectivity index (χ1) is 13.0. The van der Waals surface area contributed by atoms with Gasteiger partial charge in [0.05, 0.1) is 12.1 Å². The molecule has 0 aliphatic rings. The lowest BCUT2D eigenvalue weighted by atomic mass is 10.1. The van der Waals surface area contributed by atoms with Gasteiger partial charge in [0.25, 0.3) is 0 Å². The molecule has 0 amide bonds. The molecule has 0 radical (unpaired) electrons. The molecule has 0 atom stereocenters. The molecular formula is C22H21Cl2NO2. The number of methoxy groups -OCH3 is 1. The van der Waals surface area contributed by atoms with Crippen LogP contribution in [0.25, 0.3) is 0 Å². The first-order valence-electron chi connectivity index (χ1n) is 8.59. The molecule has 0 saturated heterocycles. The number of anilines is 1. The average Bonchev–Trinajstić information content (AvgIpc) is 2.66. The normalized spacial score (nSPS) is 10.5. The Hall–Kier alpha value is -2.36. The Bertz CT molecular complexity index is 911. The van der Waals surface area contributed by atoms with Crippen LogP contribution in [0.2, 0.25) is 10.0 Å². The predicted molar refractivity (Wildman–Crippen MR) is 112 cm³/mol. The Morgan fingerprint density at radius 3 is 2.41 bits per heavy atom. The summed E-state index contributed by atoms with van der Waals surface area (Å²) < 4.78 is 11.4. The minimum Gasteiger partial charge on any atom is -0.493 e. The second-order valence-corrected chi connectivity index (χ2v) is 7.09. The summed E-state index contributed by atoms with van der Waals surface area (Å²) in [5.74, 6) is 1.16. The lowest BCUT2D eigenvalue weighted by Crippen LogP contribution is -2.02. The van der Waals surface area contributed by atoms with Crippen LogP contribution in [0, 0.1) is 6.92 Å². The second-order valence-electron chi connectivity index (χ2n) is 6.25. The Morgan fingerprint density at radius 1 is 0.926 bits per heavy atom. The maximum atomic E-state index is 6.46. The summed E-state index contributed by atoms with van der Waals surface area (Å²) in [5.41, 5.74) is 4.22. The van der Waals surface area contributed by atoms with Crippen molar-refractivity contribution in [2.45, 2.75) is 20.1 Å². The van der Waals surface area contributed by atoms with E-state index in [-0.39, 0.29) is 0 Å². The van der Waals surface area contributed by atoms with E-state index in [1.165, 1.54) is 5.56 Å². The van der Waals surface area contributed by atoms with Gasteiger partial charge in [-0.05, 0) is 48.4 Å². The summed E-state index contributed by atoms with van der Waals surface area (Å²) in [6.07, 6.45) is 0. The summed E-state index contributed by atoms with van der Waals surface area (Å²) in [6, 6.07) is 19.6. The SMILES string of the molecule is COc1cc(CNc2cccc(Cl)c2)cc(Cl)c1OCc1ccc(C)cc1. The molecule has 0 aliphatic carbocycles. The quantitative estimate of drug-likeness (QED) is 0.489. The van der Waals surface area contributed by atoms with E-state index < -0.39 is 0 Å². The summed E-state index contributed by atoms with van der Waals surface area (Å²) in [5, 5.41) is 4.53. The highest BCUT2D eigenvalue weighted by Gasteiger charge is 2.12. The van der Waals surface area contributed by atoms with Crippen molar-refractivity contribution in [2.75, 3.05) is 12.4 Å². The van der Waals surface area contributed by atoms with E-state index in [9.17, 15) is 0 Å². The highest BCUT2D eigenvalue weighted by atomic mass is 35.5. The fraction of sp³-hybridized carbons (Fsp3) is 0.182. The maximum absolute atomic E-state index is 6.46. The van der Waals surface area contributed by atoms with E-state index in [0.717, 1.165) is 16.8 Å². The molecule has 5 heteroatoms. The van der Waals surface area contributed by atoms with Crippen LogP contribution in [0.1, 0.15) is 16.7 Å². The third-order valence-electron chi connectivity index (χ3n) is 4.11. The van der Waals surface area contributed by atoms with Crippen LogP contribution in [0.4, 0.5) is 5.69 Å².